The van der Waals surface area contributed by atoms with Gasteiger partial charge < -0.3 is 4.42 Å². The molecule has 0 aliphatic carbocycles. The van der Waals surface area contributed by atoms with Crippen LogP contribution in [0.25, 0.3) is 11.1 Å². The molecule has 3 rings (SSSR count). The summed E-state index contributed by atoms with van der Waals surface area (Å²) in [5.74, 6) is -0.613. The van der Waals surface area contributed by atoms with Crippen molar-refractivity contribution in [1.29, 1.82) is 0 Å². The zero-order valence-corrected chi connectivity index (χ0v) is 13.7. The van der Waals surface area contributed by atoms with Gasteiger partial charge in [-0.3, -0.25) is 20.4 Å². The lowest BCUT2D eigenvalue weighted by Gasteiger charge is -2.08. The summed E-state index contributed by atoms with van der Waals surface area (Å²) in [6.07, 6.45) is 0. The molecule has 0 atom stereocenters. The van der Waals surface area contributed by atoms with Crippen molar-refractivity contribution in [1.82, 2.24) is 15.8 Å². The Morgan fingerprint density at radius 1 is 1.08 bits per heavy atom. The fourth-order valence-corrected chi connectivity index (χ4v) is 2.74. The SMILES string of the molecule is Cc1ccccc1C(=O)NNC(=O)CSc1nc2ccccc2o1. The average Bonchev–Trinajstić information content (AvgIpc) is 3.01. The van der Waals surface area contributed by atoms with Gasteiger partial charge in [0, 0.05) is 5.56 Å². The van der Waals surface area contributed by atoms with Crippen molar-refractivity contribution >= 4 is 34.7 Å². The summed E-state index contributed by atoms with van der Waals surface area (Å²) in [7, 11) is 0. The number of hydrogen-bond donors (Lipinski definition) is 2. The van der Waals surface area contributed by atoms with Gasteiger partial charge in [0.1, 0.15) is 5.52 Å². The van der Waals surface area contributed by atoms with Crippen LogP contribution >= 0.6 is 11.8 Å². The molecule has 3 aromatic rings. The lowest BCUT2D eigenvalue weighted by Crippen LogP contribution is -2.42. The summed E-state index contributed by atoms with van der Waals surface area (Å²) < 4.78 is 5.51. The largest absolute Gasteiger partial charge is 0.431 e. The van der Waals surface area contributed by atoms with E-state index < -0.39 is 0 Å². The second-order valence-electron chi connectivity index (χ2n) is 5.05. The number of thioether (sulfide) groups is 1. The van der Waals surface area contributed by atoms with Gasteiger partial charge in [0.25, 0.3) is 11.1 Å². The molecule has 0 saturated heterocycles. The Morgan fingerprint density at radius 2 is 1.83 bits per heavy atom. The molecule has 2 aromatic carbocycles. The number of benzene rings is 2. The number of para-hydroxylation sites is 2. The Labute approximate surface area is 142 Å². The molecule has 0 radical (unpaired) electrons. The average molecular weight is 341 g/mol. The predicted molar refractivity (Wildman–Crippen MR) is 91.5 cm³/mol. The normalized spacial score (nSPS) is 10.5. The number of carbonyl (C=O) groups excluding carboxylic acids is 2. The minimum atomic E-state index is -0.353. The van der Waals surface area contributed by atoms with Crippen molar-refractivity contribution in [2.24, 2.45) is 0 Å². The molecule has 2 N–H and O–H groups in total. The summed E-state index contributed by atoms with van der Waals surface area (Å²) in [6.45, 7) is 1.83. The number of hydrogen-bond acceptors (Lipinski definition) is 5. The van der Waals surface area contributed by atoms with E-state index in [9.17, 15) is 9.59 Å². The summed E-state index contributed by atoms with van der Waals surface area (Å²) in [5.41, 5.74) is 7.56. The molecular formula is C17H15N3O3S. The van der Waals surface area contributed by atoms with Crippen molar-refractivity contribution in [2.75, 3.05) is 5.75 Å². The summed E-state index contributed by atoms with van der Waals surface area (Å²) in [5, 5.41) is 0.414. The van der Waals surface area contributed by atoms with E-state index in [4.69, 9.17) is 4.42 Å². The third-order valence-corrected chi connectivity index (χ3v) is 4.13. The molecule has 0 spiro atoms. The first-order chi connectivity index (χ1) is 11.6. The van der Waals surface area contributed by atoms with Gasteiger partial charge in [0.15, 0.2) is 5.58 Å². The monoisotopic (exact) mass is 341 g/mol. The van der Waals surface area contributed by atoms with E-state index in [2.05, 4.69) is 15.8 Å². The quantitative estimate of drug-likeness (QED) is 0.563. The zero-order valence-electron chi connectivity index (χ0n) is 12.9. The van der Waals surface area contributed by atoms with Crippen LogP contribution in [0, 0.1) is 6.92 Å². The summed E-state index contributed by atoms with van der Waals surface area (Å²) in [6, 6.07) is 14.5. The number of fused-ring (bicyclic) bond motifs is 1. The second kappa shape index (κ2) is 7.18. The molecule has 0 bridgehead atoms. The molecule has 24 heavy (non-hydrogen) atoms. The van der Waals surface area contributed by atoms with E-state index in [1.54, 1.807) is 12.1 Å². The summed E-state index contributed by atoms with van der Waals surface area (Å²) in [4.78, 5) is 28.1. The van der Waals surface area contributed by atoms with Gasteiger partial charge in [0.05, 0.1) is 5.75 Å². The highest BCUT2D eigenvalue weighted by atomic mass is 32.2. The number of aromatic nitrogens is 1. The highest BCUT2D eigenvalue weighted by molar-refractivity contribution is 7.99. The number of carbonyl (C=O) groups is 2. The van der Waals surface area contributed by atoms with E-state index in [1.165, 1.54) is 0 Å². The van der Waals surface area contributed by atoms with Crippen molar-refractivity contribution in [3.63, 3.8) is 0 Å². The number of nitrogens with zero attached hydrogens (tertiary/aromatic N) is 1. The van der Waals surface area contributed by atoms with E-state index in [0.29, 0.717) is 16.4 Å². The molecular weight excluding hydrogens is 326 g/mol. The van der Waals surface area contributed by atoms with Crippen molar-refractivity contribution in [2.45, 2.75) is 12.1 Å². The number of aryl methyl sites for hydroxylation is 1. The minimum Gasteiger partial charge on any atom is -0.431 e. The highest BCUT2D eigenvalue weighted by Gasteiger charge is 2.11. The topological polar surface area (TPSA) is 84.2 Å². The predicted octanol–water partition coefficient (Wildman–Crippen LogP) is 2.69. The van der Waals surface area contributed by atoms with Crippen molar-refractivity contribution < 1.29 is 14.0 Å². The lowest BCUT2D eigenvalue weighted by atomic mass is 10.1. The van der Waals surface area contributed by atoms with E-state index in [-0.39, 0.29) is 17.6 Å². The van der Waals surface area contributed by atoms with Crippen LogP contribution in [0.5, 0.6) is 0 Å². The van der Waals surface area contributed by atoms with Crippen LogP contribution in [0.3, 0.4) is 0 Å². The first-order valence-corrected chi connectivity index (χ1v) is 8.25. The number of amides is 2. The standard InChI is InChI=1S/C17H15N3O3S/c1-11-6-2-3-7-12(11)16(22)20-19-15(21)10-24-17-18-13-8-4-5-9-14(13)23-17/h2-9H,10H2,1H3,(H,19,21)(H,20,22). The Bertz CT molecular complexity index is 858. The Hall–Kier alpha value is -2.80. The molecule has 0 aliphatic heterocycles. The van der Waals surface area contributed by atoms with Crippen LogP contribution < -0.4 is 10.9 Å². The van der Waals surface area contributed by atoms with Gasteiger partial charge in [-0.25, -0.2) is 4.98 Å². The lowest BCUT2D eigenvalue weighted by molar-refractivity contribution is -0.119. The molecule has 0 saturated carbocycles. The number of oxazole rings is 1. The van der Waals surface area contributed by atoms with Gasteiger partial charge in [-0.1, -0.05) is 42.1 Å². The third-order valence-electron chi connectivity index (χ3n) is 3.31. The van der Waals surface area contributed by atoms with Crippen LogP contribution in [0.1, 0.15) is 15.9 Å². The fourth-order valence-electron chi connectivity index (χ4n) is 2.10. The highest BCUT2D eigenvalue weighted by Crippen LogP contribution is 2.22. The van der Waals surface area contributed by atoms with E-state index in [1.807, 2.05) is 43.3 Å². The van der Waals surface area contributed by atoms with E-state index >= 15 is 0 Å². The zero-order chi connectivity index (χ0) is 16.9. The second-order valence-corrected chi connectivity index (χ2v) is 5.98. The van der Waals surface area contributed by atoms with E-state index in [0.717, 1.165) is 22.8 Å². The minimum absolute atomic E-state index is 0.0842. The smallest absolute Gasteiger partial charge is 0.269 e. The maximum atomic E-state index is 12.0. The van der Waals surface area contributed by atoms with Crippen LogP contribution in [-0.4, -0.2) is 22.6 Å². The first-order valence-electron chi connectivity index (χ1n) is 7.26. The van der Waals surface area contributed by atoms with Crippen LogP contribution in [0.2, 0.25) is 0 Å². The van der Waals surface area contributed by atoms with Gasteiger partial charge in [-0.05, 0) is 30.7 Å². The molecule has 0 fully saturated rings. The molecule has 2 amide bonds. The number of rotatable bonds is 4. The Balaban J connectivity index is 1.51. The van der Waals surface area contributed by atoms with Gasteiger partial charge in [0.2, 0.25) is 5.91 Å². The molecule has 1 heterocycles. The fraction of sp³-hybridized carbons (Fsp3) is 0.118. The van der Waals surface area contributed by atoms with Crippen molar-refractivity contribution in [3.8, 4) is 0 Å². The van der Waals surface area contributed by atoms with Crippen molar-refractivity contribution in [3.05, 3.63) is 59.7 Å². The number of hydrazine groups is 1. The van der Waals surface area contributed by atoms with Gasteiger partial charge in [-0.15, -0.1) is 0 Å². The Kier molecular flexibility index (Phi) is 4.81. The maximum Gasteiger partial charge on any atom is 0.269 e. The summed E-state index contributed by atoms with van der Waals surface area (Å²) >= 11 is 1.16. The van der Waals surface area contributed by atoms with Crippen LogP contribution in [0.4, 0.5) is 0 Å². The molecule has 1 aromatic heterocycles. The van der Waals surface area contributed by atoms with Crippen LogP contribution in [0.15, 0.2) is 58.2 Å². The Morgan fingerprint density at radius 3 is 2.62 bits per heavy atom. The first kappa shape index (κ1) is 16.1. The maximum absolute atomic E-state index is 12.0. The van der Waals surface area contributed by atoms with Crippen LogP contribution in [-0.2, 0) is 4.79 Å². The molecule has 6 nitrogen and oxygen atoms in total. The number of nitrogens with one attached hydrogen (secondary N) is 2. The molecule has 0 aliphatic rings. The molecule has 0 unspecified atom stereocenters. The third kappa shape index (κ3) is 3.75. The molecule has 7 heteroatoms. The van der Waals surface area contributed by atoms with Gasteiger partial charge >= 0.3 is 0 Å². The molecule has 122 valence electrons. The van der Waals surface area contributed by atoms with Gasteiger partial charge in [-0.2, -0.15) is 0 Å².